The molecule has 1 aromatic heterocycles. The van der Waals surface area contributed by atoms with Crippen molar-refractivity contribution < 1.29 is 13.5 Å². The van der Waals surface area contributed by atoms with E-state index in [1.54, 1.807) is 16.8 Å². The van der Waals surface area contributed by atoms with Gasteiger partial charge in [0.05, 0.1) is 11.5 Å². The first kappa shape index (κ1) is 13.8. The number of hydrogen-bond acceptors (Lipinski definition) is 3. The predicted molar refractivity (Wildman–Crippen MR) is 77.9 cm³/mol. The molecule has 0 amide bonds. The minimum atomic E-state index is -3.46. The smallest absolute Gasteiger partial charge is 0.242 e. The fourth-order valence-corrected chi connectivity index (χ4v) is 6.19. The number of fused-ring (bicyclic) bond motifs is 5. The number of hydrogen-bond donors (Lipinski definition) is 2. The molecule has 5 nitrogen and oxygen atoms in total. The largest absolute Gasteiger partial charge is 0.390 e. The van der Waals surface area contributed by atoms with E-state index in [9.17, 15) is 13.5 Å². The monoisotopic (exact) mass is 310 g/mol. The van der Waals surface area contributed by atoms with Crippen LogP contribution in [0.3, 0.4) is 0 Å². The summed E-state index contributed by atoms with van der Waals surface area (Å²) < 4.78 is 29.8. The highest BCUT2D eigenvalue weighted by molar-refractivity contribution is 7.89. The van der Waals surface area contributed by atoms with Crippen LogP contribution in [0.25, 0.3) is 0 Å². The van der Waals surface area contributed by atoms with Crippen molar-refractivity contribution in [3.63, 3.8) is 0 Å². The van der Waals surface area contributed by atoms with Crippen LogP contribution in [0.1, 0.15) is 31.9 Å². The number of aryl methyl sites for hydroxylation is 1. The Morgan fingerprint density at radius 1 is 1.33 bits per heavy atom. The summed E-state index contributed by atoms with van der Waals surface area (Å²) in [6.45, 7) is 2.46. The Kier molecular flexibility index (Phi) is 3.00. The van der Waals surface area contributed by atoms with Crippen molar-refractivity contribution in [2.45, 2.75) is 50.3 Å². The van der Waals surface area contributed by atoms with Gasteiger partial charge in [0.1, 0.15) is 0 Å². The van der Waals surface area contributed by atoms with Crippen molar-refractivity contribution in [1.82, 2.24) is 9.29 Å². The van der Waals surface area contributed by atoms with Crippen molar-refractivity contribution in [3.05, 3.63) is 18.0 Å². The summed E-state index contributed by atoms with van der Waals surface area (Å²) in [6.07, 6.45) is 5.50. The van der Waals surface area contributed by atoms with Gasteiger partial charge in [-0.15, -0.1) is 0 Å². The third kappa shape index (κ3) is 1.99. The second-order valence-corrected chi connectivity index (χ2v) is 8.46. The maximum absolute atomic E-state index is 12.5. The molecule has 6 heteroatoms. The highest BCUT2D eigenvalue weighted by Crippen LogP contribution is 2.65. The maximum Gasteiger partial charge on any atom is 0.242 e. The average Bonchev–Trinajstić information content (AvgIpc) is 2.92. The SMILES string of the molecule is CCn1cc(S(=O)(=O)NC2C3C4CCC(C4)C23)cc1CO. The number of aliphatic hydroxyl groups is 1. The zero-order valence-electron chi connectivity index (χ0n) is 12.2. The maximum atomic E-state index is 12.5. The molecule has 0 aliphatic heterocycles. The van der Waals surface area contributed by atoms with Crippen molar-refractivity contribution in [1.29, 1.82) is 0 Å². The van der Waals surface area contributed by atoms with Gasteiger partial charge in [-0.1, -0.05) is 0 Å². The summed E-state index contributed by atoms with van der Waals surface area (Å²) in [6, 6.07) is 1.74. The highest BCUT2D eigenvalue weighted by Gasteiger charge is 2.65. The zero-order chi connectivity index (χ0) is 14.8. The van der Waals surface area contributed by atoms with Crippen LogP contribution in [0.4, 0.5) is 0 Å². The first-order valence-corrected chi connectivity index (χ1v) is 9.35. The molecule has 0 spiro atoms. The first-order chi connectivity index (χ1) is 10.0. The summed E-state index contributed by atoms with van der Waals surface area (Å²) in [5, 5.41) is 9.30. The zero-order valence-corrected chi connectivity index (χ0v) is 13.0. The van der Waals surface area contributed by atoms with Crippen LogP contribution < -0.4 is 4.72 Å². The van der Waals surface area contributed by atoms with Crippen LogP contribution in [-0.2, 0) is 23.2 Å². The van der Waals surface area contributed by atoms with E-state index in [-0.39, 0.29) is 17.5 Å². The number of sulfonamides is 1. The molecule has 3 fully saturated rings. The Morgan fingerprint density at radius 2 is 2.00 bits per heavy atom. The molecular weight excluding hydrogens is 288 g/mol. The van der Waals surface area contributed by atoms with Gasteiger partial charge in [-0.2, -0.15) is 0 Å². The standard InChI is InChI=1S/C15H22N2O3S/c1-2-17-7-12(6-11(17)8-18)21(19,20)16-15-13-9-3-4-10(5-9)14(13)15/h6-7,9-10,13-16,18H,2-5,8H2,1H3. The molecule has 116 valence electrons. The van der Waals surface area contributed by atoms with Crippen molar-refractivity contribution in [3.8, 4) is 0 Å². The molecule has 4 unspecified atom stereocenters. The van der Waals surface area contributed by atoms with Crippen LogP contribution in [0.15, 0.2) is 17.2 Å². The number of aliphatic hydroxyl groups excluding tert-OH is 1. The van der Waals surface area contributed by atoms with Gasteiger partial charge in [0.15, 0.2) is 0 Å². The minimum absolute atomic E-state index is 0.137. The van der Waals surface area contributed by atoms with Crippen LogP contribution in [0.5, 0.6) is 0 Å². The van der Waals surface area contributed by atoms with E-state index in [1.165, 1.54) is 19.3 Å². The van der Waals surface area contributed by atoms with Gasteiger partial charge in [-0.05, 0) is 55.9 Å². The summed E-state index contributed by atoms with van der Waals surface area (Å²) >= 11 is 0. The van der Waals surface area contributed by atoms with Crippen LogP contribution >= 0.6 is 0 Å². The van der Waals surface area contributed by atoms with E-state index in [2.05, 4.69) is 4.72 Å². The van der Waals surface area contributed by atoms with Gasteiger partial charge >= 0.3 is 0 Å². The van der Waals surface area contributed by atoms with Crippen LogP contribution in [0.2, 0.25) is 0 Å². The molecule has 1 aromatic rings. The molecule has 4 rings (SSSR count). The molecule has 21 heavy (non-hydrogen) atoms. The fourth-order valence-electron chi connectivity index (χ4n) is 4.83. The van der Waals surface area contributed by atoms with Gasteiger partial charge in [0.25, 0.3) is 0 Å². The number of nitrogens with zero attached hydrogens (tertiary/aromatic N) is 1. The lowest BCUT2D eigenvalue weighted by atomic mass is 10.0. The Balaban J connectivity index is 1.53. The molecule has 1 heterocycles. The van der Waals surface area contributed by atoms with Gasteiger partial charge in [0, 0.05) is 24.5 Å². The molecule has 3 saturated carbocycles. The third-order valence-electron chi connectivity index (χ3n) is 5.80. The number of nitrogens with one attached hydrogen (secondary N) is 1. The van der Waals surface area contributed by atoms with E-state index < -0.39 is 10.0 Å². The number of rotatable bonds is 5. The van der Waals surface area contributed by atoms with E-state index in [4.69, 9.17) is 0 Å². The number of aromatic nitrogens is 1. The summed E-state index contributed by atoms with van der Waals surface area (Å²) in [5.74, 6) is 2.68. The van der Waals surface area contributed by atoms with Gasteiger partial charge in [0.2, 0.25) is 10.0 Å². The second-order valence-electron chi connectivity index (χ2n) is 6.75. The molecule has 3 aliphatic carbocycles. The molecule has 0 radical (unpaired) electrons. The average molecular weight is 310 g/mol. The second kappa shape index (κ2) is 4.57. The van der Waals surface area contributed by atoms with Crippen LogP contribution in [0, 0.1) is 23.7 Å². The Morgan fingerprint density at radius 3 is 2.52 bits per heavy atom. The predicted octanol–water partition coefficient (Wildman–Crippen LogP) is 1.32. The highest BCUT2D eigenvalue weighted by atomic mass is 32.2. The lowest BCUT2D eigenvalue weighted by Crippen LogP contribution is -2.29. The van der Waals surface area contributed by atoms with Gasteiger partial charge in [-0.25, -0.2) is 13.1 Å². The van der Waals surface area contributed by atoms with E-state index in [0.717, 1.165) is 11.8 Å². The summed E-state index contributed by atoms with van der Waals surface area (Å²) in [7, 11) is -3.46. The fraction of sp³-hybridized carbons (Fsp3) is 0.733. The molecule has 2 bridgehead atoms. The van der Waals surface area contributed by atoms with Crippen molar-refractivity contribution in [2.24, 2.45) is 23.7 Å². The molecule has 2 N–H and O–H groups in total. The lowest BCUT2D eigenvalue weighted by molar-refractivity contribution is 0.271. The topological polar surface area (TPSA) is 71.3 Å². The Bertz CT molecular complexity index is 629. The Hall–Kier alpha value is -0.850. The summed E-state index contributed by atoms with van der Waals surface area (Å²) in [5.41, 5.74) is 0.647. The minimum Gasteiger partial charge on any atom is -0.390 e. The van der Waals surface area contributed by atoms with E-state index in [1.807, 2.05) is 6.92 Å². The van der Waals surface area contributed by atoms with E-state index in [0.29, 0.717) is 24.1 Å². The van der Waals surface area contributed by atoms with Crippen LogP contribution in [-0.4, -0.2) is 24.1 Å². The lowest BCUT2D eigenvalue weighted by Gasteiger charge is -2.10. The quantitative estimate of drug-likeness (QED) is 0.862. The first-order valence-electron chi connectivity index (χ1n) is 7.87. The van der Waals surface area contributed by atoms with Crippen molar-refractivity contribution >= 4 is 10.0 Å². The Labute approximate surface area is 125 Å². The van der Waals surface area contributed by atoms with E-state index >= 15 is 0 Å². The molecule has 0 saturated heterocycles. The molecular formula is C15H22N2O3S. The molecule has 0 aromatic carbocycles. The van der Waals surface area contributed by atoms with Crippen molar-refractivity contribution in [2.75, 3.05) is 0 Å². The summed E-state index contributed by atoms with van der Waals surface area (Å²) in [4.78, 5) is 0.283. The molecule has 4 atom stereocenters. The third-order valence-corrected chi connectivity index (χ3v) is 7.23. The molecule has 3 aliphatic rings. The van der Waals surface area contributed by atoms with Gasteiger partial charge < -0.3 is 9.67 Å². The normalized spacial score (nSPS) is 37.0. The van der Waals surface area contributed by atoms with Gasteiger partial charge in [-0.3, -0.25) is 0 Å².